The normalized spacial score (nSPS) is 11.3. The second-order valence-corrected chi connectivity index (χ2v) is 5.62. The molecule has 1 amide bonds. The molecule has 0 spiro atoms. The molecule has 120 valence electrons. The summed E-state index contributed by atoms with van der Waals surface area (Å²) in [5.74, 6) is -0.473. The number of nitrogen functional groups attached to an aromatic ring is 1. The van der Waals surface area contributed by atoms with E-state index in [0.29, 0.717) is 17.8 Å². The molecule has 0 aliphatic heterocycles. The zero-order chi connectivity index (χ0) is 16.8. The number of anilines is 1. The number of carbonyl (C=O) groups is 2. The van der Waals surface area contributed by atoms with Gasteiger partial charge in [-0.2, -0.15) is 0 Å². The summed E-state index contributed by atoms with van der Waals surface area (Å²) >= 11 is 0. The fourth-order valence-electron chi connectivity index (χ4n) is 1.63. The molecule has 0 saturated carbocycles. The molecule has 22 heavy (non-hydrogen) atoms. The lowest BCUT2D eigenvalue weighted by molar-refractivity contribution is 0.0532. The van der Waals surface area contributed by atoms with Gasteiger partial charge in [-0.3, -0.25) is 0 Å². The molecule has 1 aromatic rings. The molecule has 0 bridgehead atoms. The predicted molar refractivity (Wildman–Crippen MR) is 85.5 cm³/mol. The van der Waals surface area contributed by atoms with Gasteiger partial charge in [0.05, 0.1) is 12.7 Å². The minimum atomic E-state index is -0.522. The van der Waals surface area contributed by atoms with Crippen LogP contribution in [0.2, 0.25) is 0 Å². The summed E-state index contributed by atoms with van der Waals surface area (Å²) in [6, 6.07) is 5.00. The third kappa shape index (κ3) is 5.87. The Morgan fingerprint density at radius 2 is 2.00 bits per heavy atom. The summed E-state index contributed by atoms with van der Waals surface area (Å²) < 4.78 is 9.73. The van der Waals surface area contributed by atoms with Crippen LogP contribution < -0.4 is 11.1 Å². The molecular weight excluding hydrogens is 284 g/mol. The van der Waals surface area contributed by atoms with E-state index in [-0.39, 0.29) is 0 Å². The minimum Gasteiger partial charge on any atom is -0.465 e. The minimum absolute atomic E-state index is 0.325. The second-order valence-electron chi connectivity index (χ2n) is 5.62. The van der Waals surface area contributed by atoms with Crippen LogP contribution in [0, 0.1) is 0 Å². The number of nitrogens with one attached hydrogen (secondary N) is 1. The molecule has 0 aromatic heterocycles. The lowest BCUT2D eigenvalue weighted by atomic mass is 10.1. The molecule has 1 aromatic carbocycles. The van der Waals surface area contributed by atoms with E-state index in [1.54, 1.807) is 51.1 Å². The SMILES string of the molecule is COC(=O)c1ccc(C=CCNC(=O)OC(C)(C)C)cc1N. The van der Waals surface area contributed by atoms with Gasteiger partial charge < -0.3 is 20.5 Å². The van der Waals surface area contributed by atoms with E-state index in [0.717, 1.165) is 5.56 Å². The van der Waals surface area contributed by atoms with Crippen molar-refractivity contribution in [3.63, 3.8) is 0 Å². The fraction of sp³-hybridized carbons (Fsp3) is 0.375. The topological polar surface area (TPSA) is 90.6 Å². The van der Waals surface area contributed by atoms with Crippen molar-refractivity contribution < 1.29 is 19.1 Å². The monoisotopic (exact) mass is 306 g/mol. The zero-order valence-electron chi connectivity index (χ0n) is 13.3. The van der Waals surface area contributed by atoms with Crippen LogP contribution in [0.4, 0.5) is 10.5 Å². The van der Waals surface area contributed by atoms with E-state index >= 15 is 0 Å². The molecule has 6 heteroatoms. The molecule has 0 radical (unpaired) electrons. The van der Waals surface area contributed by atoms with Gasteiger partial charge in [0.1, 0.15) is 5.60 Å². The van der Waals surface area contributed by atoms with Gasteiger partial charge in [-0.15, -0.1) is 0 Å². The van der Waals surface area contributed by atoms with Crippen LogP contribution >= 0.6 is 0 Å². The maximum Gasteiger partial charge on any atom is 0.407 e. The highest BCUT2D eigenvalue weighted by molar-refractivity contribution is 5.95. The van der Waals surface area contributed by atoms with Crippen LogP contribution in [0.15, 0.2) is 24.3 Å². The number of rotatable bonds is 4. The van der Waals surface area contributed by atoms with Gasteiger partial charge in [0, 0.05) is 12.2 Å². The van der Waals surface area contributed by atoms with Crippen molar-refractivity contribution in [2.45, 2.75) is 26.4 Å². The highest BCUT2D eigenvalue weighted by Crippen LogP contribution is 2.16. The third-order valence-electron chi connectivity index (χ3n) is 2.55. The molecule has 0 aliphatic rings. The second kappa shape index (κ2) is 7.49. The lowest BCUT2D eigenvalue weighted by Crippen LogP contribution is -2.32. The number of amides is 1. The van der Waals surface area contributed by atoms with Crippen molar-refractivity contribution in [3.05, 3.63) is 35.4 Å². The van der Waals surface area contributed by atoms with E-state index in [9.17, 15) is 9.59 Å². The van der Waals surface area contributed by atoms with Crippen LogP contribution in [-0.2, 0) is 9.47 Å². The molecule has 6 nitrogen and oxygen atoms in total. The Hall–Kier alpha value is -2.50. The van der Waals surface area contributed by atoms with E-state index in [2.05, 4.69) is 10.1 Å². The lowest BCUT2D eigenvalue weighted by Gasteiger charge is -2.19. The standard InChI is InChI=1S/C16H22N2O4/c1-16(2,3)22-15(20)18-9-5-6-11-7-8-12(13(17)10-11)14(19)21-4/h5-8,10H,9,17H2,1-4H3,(H,18,20). The first-order valence-corrected chi connectivity index (χ1v) is 6.84. The Balaban J connectivity index is 2.56. The molecule has 0 fully saturated rings. The van der Waals surface area contributed by atoms with Crippen LogP contribution in [-0.4, -0.2) is 31.3 Å². The molecule has 0 atom stereocenters. The number of methoxy groups -OCH3 is 1. The number of benzene rings is 1. The van der Waals surface area contributed by atoms with Crippen molar-refractivity contribution in [1.82, 2.24) is 5.32 Å². The van der Waals surface area contributed by atoms with Crippen LogP contribution in [0.3, 0.4) is 0 Å². The van der Waals surface area contributed by atoms with Crippen molar-refractivity contribution in [1.29, 1.82) is 0 Å². The number of alkyl carbamates (subject to hydrolysis) is 1. The average Bonchev–Trinajstić information content (AvgIpc) is 2.41. The molecule has 0 heterocycles. The summed E-state index contributed by atoms with van der Waals surface area (Å²) in [6.07, 6.45) is 3.07. The number of hydrogen-bond acceptors (Lipinski definition) is 5. The summed E-state index contributed by atoms with van der Waals surface area (Å²) in [4.78, 5) is 22.9. The summed E-state index contributed by atoms with van der Waals surface area (Å²) in [7, 11) is 1.30. The van der Waals surface area contributed by atoms with Gasteiger partial charge in [-0.05, 0) is 38.5 Å². The quantitative estimate of drug-likeness (QED) is 0.659. The number of nitrogens with two attached hydrogens (primary N) is 1. The summed E-state index contributed by atoms with van der Waals surface area (Å²) in [6.45, 7) is 5.73. The number of esters is 1. The largest absolute Gasteiger partial charge is 0.465 e. The van der Waals surface area contributed by atoms with Gasteiger partial charge in [-0.25, -0.2) is 9.59 Å². The number of carbonyl (C=O) groups excluding carboxylic acids is 2. The van der Waals surface area contributed by atoms with Gasteiger partial charge in [0.2, 0.25) is 0 Å². The predicted octanol–water partition coefficient (Wildman–Crippen LogP) is 2.59. The van der Waals surface area contributed by atoms with Crippen molar-refractivity contribution >= 4 is 23.8 Å². The Labute approximate surface area is 130 Å². The molecule has 0 saturated heterocycles. The van der Waals surface area contributed by atoms with Crippen molar-refractivity contribution in [3.8, 4) is 0 Å². The van der Waals surface area contributed by atoms with Gasteiger partial charge in [0.25, 0.3) is 0 Å². The van der Waals surface area contributed by atoms with Crippen LogP contribution in [0.25, 0.3) is 6.08 Å². The van der Waals surface area contributed by atoms with Crippen LogP contribution in [0.5, 0.6) is 0 Å². The van der Waals surface area contributed by atoms with E-state index < -0.39 is 17.7 Å². The molecule has 0 aliphatic carbocycles. The fourth-order valence-corrected chi connectivity index (χ4v) is 1.63. The van der Waals surface area contributed by atoms with Crippen LogP contribution in [0.1, 0.15) is 36.7 Å². The number of hydrogen-bond donors (Lipinski definition) is 2. The molecule has 0 unspecified atom stereocenters. The van der Waals surface area contributed by atoms with Gasteiger partial charge >= 0.3 is 12.1 Å². The molecule has 3 N–H and O–H groups in total. The van der Waals surface area contributed by atoms with E-state index in [4.69, 9.17) is 10.5 Å². The maximum absolute atomic E-state index is 11.4. The highest BCUT2D eigenvalue weighted by atomic mass is 16.6. The van der Waals surface area contributed by atoms with E-state index in [1.807, 2.05) is 0 Å². The molecular formula is C16H22N2O4. The number of ether oxygens (including phenoxy) is 2. The Kier molecular flexibility index (Phi) is 5.98. The molecule has 1 rings (SSSR count). The van der Waals surface area contributed by atoms with Crippen molar-refractivity contribution in [2.75, 3.05) is 19.4 Å². The Morgan fingerprint density at radius 3 is 2.55 bits per heavy atom. The smallest absolute Gasteiger partial charge is 0.407 e. The summed E-state index contributed by atoms with van der Waals surface area (Å²) in [5.41, 5.74) is 6.76. The van der Waals surface area contributed by atoms with Gasteiger partial charge in [0.15, 0.2) is 0 Å². The third-order valence-corrected chi connectivity index (χ3v) is 2.55. The highest BCUT2D eigenvalue weighted by Gasteiger charge is 2.15. The van der Waals surface area contributed by atoms with E-state index in [1.165, 1.54) is 7.11 Å². The first-order chi connectivity index (χ1) is 10.2. The summed E-state index contributed by atoms with van der Waals surface area (Å²) in [5, 5.41) is 2.61. The average molecular weight is 306 g/mol. The zero-order valence-corrected chi connectivity index (χ0v) is 13.3. The van der Waals surface area contributed by atoms with Crippen molar-refractivity contribution in [2.24, 2.45) is 0 Å². The first kappa shape index (κ1) is 17.6. The first-order valence-electron chi connectivity index (χ1n) is 6.84. The van der Waals surface area contributed by atoms with Gasteiger partial charge in [-0.1, -0.05) is 18.2 Å². The Bertz CT molecular complexity index is 574. The maximum atomic E-state index is 11.4. The Morgan fingerprint density at radius 1 is 1.32 bits per heavy atom.